The Labute approximate surface area is 186 Å². The lowest BCUT2D eigenvalue weighted by Crippen LogP contribution is -2.23. The van der Waals surface area contributed by atoms with Crippen molar-refractivity contribution in [2.75, 3.05) is 5.32 Å². The molecule has 4 rings (SSSR count). The van der Waals surface area contributed by atoms with Gasteiger partial charge in [0.25, 0.3) is 11.8 Å². The fraction of sp³-hybridized carbons (Fsp3) is 0.174. The van der Waals surface area contributed by atoms with Crippen molar-refractivity contribution >= 4 is 39.1 Å². The van der Waals surface area contributed by atoms with Crippen LogP contribution in [-0.2, 0) is 6.42 Å². The van der Waals surface area contributed by atoms with Crippen LogP contribution in [0.3, 0.4) is 0 Å². The Balaban J connectivity index is 1.57. The largest absolute Gasteiger partial charge is 0.455 e. The Morgan fingerprint density at radius 1 is 1.06 bits per heavy atom. The van der Waals surface area contributed by atoms with E-state index in [4.69, 9.17) is 4.42 Å². The van der Waals surface area contributed by atoms with Crippen molar-refractivity contribution in [2.45, 2.75) is 26.2 Å². The molecule has 1 heterocycles. The maximum atomic E-state index is 13.8. The molecule has 1 aliphatic carbocycles. The first kappa shape index (κ1) is 21.0. The van der Waals surface area contributed by atoms with Gasteiger partial charge in [-0.1, -0.05) is 28.1 Å². The highest BCUT2D eigenvalue weighted by Crippen LogP contribution is 2.30. The number of amides is 2. The average molecular weight is 484 g/mol. The Kier molecular flexibility index (Phi) is 5.99. The molecule has 0 radical (unpaired) electrons. The van der Waals surface area contributed by atoms with Crippen LogP contribution in [0.4, 0.5) is 10.1 Å². The molecule has 158 valence electrons. The maximum absolute atomic E-state index is 13.8. The van der Waals surface area contributed by atoms with Gasteiger partial charge in [0.2, 0.25) is 0 Å². The molecule has 6 nitrogen and oxygen atoms in total. The van der Waals surface area contributed by atoms with E-state index in [0.29, 0.717) is 35.6 Å². The fourth-order valence-electron chi connectivity index (χ4n) is 3.54. The van der Waals surface area contributed by atoms with Gasteiger partial charge in [0.15, 0.2) is 5.76 Å². The zero-order chi connectivity index (χ0) is 22.0. The zero-order valence-corrected chi connectivity index (χ0v) is 18.3. The number of aryl methyl sites for hydroxylation is 1. The van der Waals surface area contributed by atoms with Gasteiger partial charge in [-0.25, -0.2) is 9.82 Å². The predicted octanol–water partition coefficient (Wildman–Crippen LogP) is 5.21. The summed E-state index contributed by atoms with van der Waals surface area (Å²) in [5.41, 5.74) is 4.97. The summed E-state index contributed by atoms with van der Waals surface area (Å²) in [6.45, 7) is 1.79. The van der Waals surface area contributed by atoms with Gasteiger partial charge in [0.1, 0.15) is 11.6 Å². The van der Waals surface area contributed by atoms with Gasteiger partial charge >= 0.3 is 0 Å². The number of carbonyl (C=O) groups excluding carboxylic acids is 2. The lowest BCUT2D eigenvalue weighted by molar-refractivity contribution is 0.0949. The highest BCUT2D eigenvalue weighted by molar-refractivity contribution is 9.10. The third-order valence-corrected chi connectivity index (χ3v) is 5.57. The van der Waals surface area contributed by atoms with Crippen molar-refractivity contribution in [1.29, 1.82) is 0 Å². The molecule has 0 bridgehead atoms. The topological polar surface area (TPSA) is 83.7 Å². The van der Waals surface area contributed by atoms with Crippen molar-refractivity contribution in [1.82, 2.24) is 5.43 Å². The summed E-state index contributed by atoms with van der Waals surface area (Å²) in [6, 6.07) is 12.9. The molecule has 8 heteroatoms. The van der Waals surface area contributed by atoms with Gasteiger partial charge in [-0.15, -0.1) is 0 Å². The second-order valence-corrected chi connectivity index (χ2v) is 8.06. The Morgan fingerprint density at radius 2 is 1.81 bits per heavy atom. The molecule has 0 atom stereocenters. The minimum absolute atomic E-state index is 0.0821. The Hall–Kier alpha value is -3.26. The van der Waals surface area contributed by atoms with Gasteiger partial charge < -0.3 is 9.73 Å². The van der Waals surface area contributed by atoms with E-state index in [9.17, 15) is 14.0 Å². The van der Waals surface area contributed by atoms with Crippen molar-refractivity contribution < 1.29 is 18.4 Å². The van der Waals surface area contributed by atoms with Crippen LogP contribution in [0.15, 0.2) is 62.5 Å². The van der Waals surface area contributed by atoms with Crippen LogP contribution < -0.4 is 10.7 Å². The highest BCUT2D eigenvalue weighted by atomic mass is 79.9. The molecule has 1 aromatic heterocycles. The summed E-state index contributed by atoms with van der Waals surface area (Å²) >= 11 is 3.36. The van der Waals surface area contributed by atoms with Crippen LogP contribution in [0.1, 0.15) is 50.6 Å². The average Bonchev–Trinajstić information content (AvgIpc) is 3.11. The number of anilines is 1. The monoisotopic (exact) mass is 483 g/mol. The minimum atomic E-state index is -0.632. The first-order valence-corrected chi connectivity index (χ1v) is 10.5. The molecule has 0 fully saturated rings. The van der Waals surface area contributed by atoms with E-state index in [1.807, 2.05) is 12.1 Å². The van der Waals surface area contributed by atoms with Crippen molar-refractivity contribution in [3.8, 4) is 0 Å². The van der Waals surface area contributed by atoms with E-state index >= 15 is 0 Å². The fourth-order valence-corrected chi connectivity index (χ4v) is 3.81. The number of halogens is 2. The summed E-state index contributed by atoms with van der Waals surface area (Å²) in [7, 11) is 0. The second-order valence-electron chi connectivity index (χ2n) is 7.15. The minimum Gasteiger partial charge on any atom is -0.455 e. The smallest absolute Gasteiger partial charge is 0.291 e. The molecule has 1 aliphatic rings. The number of hydrogen-bond acceptors (Lipinski definition) is 4. The Morgan fingerprint density at radius 3 is 2.55 bits per heavy atom. The lowest BCUT2D eigenvalue weighted by atomic mass is 9.93. The second kappa shape index (κ2) is 8.85. The van der Waals surface area contributed by atoms with Crippen molar-refractivity contribution in [3.63, 3.8) is 0 Å². The number of fused-ring (bicyclic) bond motifs is 1. The number of hydrazone groups is 1. The molecule has 3 aromatic rings. The molecule has 31 heavy (non-hydrogen) atoms. The van der Waals surface area contributed by atoms with Crippen LogP contribution >= 0.6 is 15.9 Å². The van der Waals surface area contributed by atoms with Crippen LogP contribution in [0, 0.1) is 12.7 Å². The number of benzene rings is 2. The summed E-state index contributed by atoms with van der Waals surface area (Å²) in [4.78, 5) is 25.1. The normalized spacial score (nSPS) is 14.2. The van der Waals surface area contributed by atoms with E-state index in [-0.39, 0.29) is 17.2 Å². The van der Waals surface area contributed by atoms with Gasteiger partial charge in [-0.3, -0.25) is 9.59 Å². The molecule has 2 aromatic carbocycles. The van der Waals surface area contributed by atoms with E-state index in [1.165, 1.54) is 18.2 Å². The standard InChI is InChI=1S/C23H19BrFN3O3/c1-13-20-18(27-28-22(29)16-5-2-3-6-17(16)25)7-4-8-19(20)31-21(13)23(30)26-15-11-9-14(24)10-12-15/h2-3,5-6,9-12H,4,7-8H2,1H3,(H,26,30)(H,28,29)/b27-18+. The molecule has 0 unspecified atom stereocenters. The third kappa shape index (κ3) is 4.44. The van der Waals surface area contributed by atoms with Crippen LogP contribution in [0.25, 0.3) is 0 Å². The summed E-state index contributed by atoms with van der Waals surface area (Å²) in [6.07, 6.45) is 2.04. The summed E-state index contributed by atoms with van der Waals surface area (Å²) in [5.74, 6) is -0.737. The van der Waals surface area contributed by atoms with Gasteiger partial charge in [-0.05, 0) is 56.2 Å². The number of rotatable bonds is 4. The molecule has 0 aliphatic heterocycles. The van der Waals surface area contributed by atoms with Gasteiger partial charge in [0.05, 0.1) is 11.3 Å². The van der Waals surface area contributed by atoms with Crippen LogP contribution in [-0.4, -0.2) is 17.5 Å². The van der Waals surface area contributed by atoms with E-state index in [2.05, 4.69) is 31.8 Å². The maximum Gasteiger partial charge on any atom is 0.291 e. The SMILES string of the molecule is Cc1c(C(=O)Nc2ccc(Br)cc2)oc2c1/C(=N/NC(=O)c1ccccc1F)CCC2. The van der Waals surface area contributed by atoms with Crippen molar-refractivity contribution in [3.05, 3.63) is 87.0 Å². The number of carbonyl (C=O) groups is 2. The number of nitrogens with one attached hydrogen (secondary N) is 2. The van der Waals surface area contributed by atoms with Gasteiger partial charge in [0, 0.05) is 27.7 Å². The van der Waals surface area contributed by atoms with E-state index in [0.717, 1.165) is 16.5 Å². The summed E-state index contributed by atoms with van der Waals surface area (Å²) < 4.78 is 20.6. The highest BCUT2D eigenvalue weighted by Gasteiger charge is 2.28. The van der Waals surface area contributed by atoms with Crippen LogP contribution in [0.5, 0.6) is 0 Å². The molecule has 2 N–H and O–H groups in total. The zero-order valence-electron chi connectivity index (χ0n) is 16.7. The molecule has 0 spiro atoms. The molecule has 2 amide bonds. The van der Waals surface area contributed by atoms with E-state index in [1.54, 1.807) is 25.1 Å². The molecular formula is C23H19BrFN3O3. The van der Waals surface area contributed by atoms with Crippen molar-refractivity contribution in [2.24, 2.45) is 5.10 Å². The quantitative estimate of drug-likeness (QED) is 0.499. The molecule has 0 saturated carbocycles. The summed E-state index contributed by atoms with van der Waals surface area (Å²) in [5, 5.41) is 7.05. The first-order valence-electron chi connectivity index (χ1n) is 9.75. The Bertz CT molecular complexity index is 1190. The molecule has 0 saturated heterocycles. The lowest BCUT2D eigenvalue weighted by Gasteiger charge is -2.13. The number of furan rings is 1. The number of hydrogen-bond donors (Lipinski definition) is 2. The van der Waals surface area contributed by atoms with E-state index < -0.39 is 11.7 Å². The van der Waals surface area contributed by atoms with Crippen LogP contribution in [0.2, 0.25) is 0 Å². The van der Waals surface area contributed by atoms with Gasteiger partial charge in [-0.2, -0.15) is 5.10 Å². The molecular weight excluding hydrogens is 465 g/mol. The predicted molar refractivity (Wildman–Crippen MR) is 119 cm³/mol. The third-order valence-electron chi connectivity index (χ3n) is 5.04. The first-order chi connectivity index (χ1) is 14.9. The number of nitrogens with zero attached hydrogens (tertiary/aromatic N) is 1.